The van der Waals surface area contributed by atoms with E-state index in [1.807, 2.05) is 0 Å². The van der Waals surface area contributed by atoms with Crippen molar-refractivity contribution >= 4 is 17.5 Å². The van der Waals surface area contributed by atoms with Crippen molar-refractivity contribution in [1.29, 1.82) is 0 Å². The first kappa shape index (κ1) is 11.8. The Morgan fingerprint density at radius 3 is 1.62 bits per heavy atom. The van der Waals surface area contributed by atoms with Crippen LogP contribution in [0.2, 0.25) is 0 Å². The summed E-state index contributed by atoms with van der Waals surface area (Å²) in [4.78, 5) is 32.8. The first-order chi connectivity index (χ1) is 5.86. The molecule has 0 unspecified atom stereocenters. The fourth-order valence-electron chi connectivity index (χ4n) is 0.966. The van der Waals surface area contributed by atoms with Gasteiger partial charge in [0.25, 0.3) is 0 Å². The van der Waals surface area contributed by atoms with Gasteiger partial charge in [-0.2, -0.15) is 0 Å². The molecular weight excluding hydrogens is 174 g/mol. The Balaban J connectivity index is 4.98. The van der Waals surface area contributed by atoms with Gasteiger partial charge in [-0.25, -0.2) is 0 Å². The number of hydrogen-bond acceptors (Lipinski definition) is 5. The molecule has 0 aromatic heterocycles. The lowest BCUT2D eigenvalue weighted by Crippen LogP contribution is -2.53. The van der Waals surface area contributed by atoms with Crippen molar-refractivity contribution in [2.24, 2.45) is 5.73 Å². The molecule has 5 heteroatoms. The van der Waals surface area contributed by atoms with Crippen LogP contribution in [0.4, 0.5) is 0 Å². The van der Waals surface area contributed by atoms with E-state index in [0.29, 0.717) is 0 Å². The molecule has 5 nitrogen and oxygen atoms in total. The molecule has 0 saturated heterocycles. The number of carbonyl (C=O) groups excluding carboxylic acids is 3. The Morgan fingerprint density at radius 2 is 1.54 bits per heavy atom. The number of rotatable bonds is 4. The number of ether oxygens (including phenoxy) is 1. The van der Waals surface area contributed by atoms with Crippen LogP contribution in [0.25, 0.3) is 0 Å². The average Bonchev–Trinajstić information content (AvgIpc) is 1.98. The van der Waals surface area contributed by atoms with E-state index in [1.54, 1.807) is 0 Å². The number of esters is 1. The second-order valence-electron chi connectivity index (χ2n) is 2.74. The van der Waals surface area contributed by atoms with Crippen molar-refractivity contribution in [2.45, 2.75) is 26.4 Å². The van der Waals surface area contributed by atoms with Crippen molar-refractivity contribution in [1.82, 2.24) is 0 Å². The molecule has 0 radical (unpaired) electrons. The Morgan fingerprint density at radius 1 is 1.15 bits per heavy atom. The molecule has 0 bridgehead atoms. The summed E-state index contributed by atoms with van der Waals surface area (Å²) in [6.45, 7) is 3.13. The monoisotopic (exact) mass is 187 g/mol. The van der Waals surface area contributed by atoms with Crippen LogP contribution in [0.1, 0.15) is 20.8 Å². The lowest BCUT2D eigenvalue weighted by atomic mass is 9.94. The summed E-state index contributed by atoms with van der Waals surface area (Å²) in [5.74, 6) is -1.81. The second-order valence-corrected chi connectivity index (χ2v) is 2.74. The van der Waals surface area contributed by atoms with E-state index in [1.165, 1.54) is 0 Å². The molecular formula is C8H13NO4. The van der Waals surface area contributed by atoms with Gasteiger partial charge in [0, 0.05) is 13.5 Å². The molecule has 0 aliphatic rings. The third-order valence-corrected chi connectivity index (χ3v) is 1.74. The minimum atomic E-state index is -1.79. The highest BCUT2D eigenvalue weighted by atomic mass is 16.6. The molecule has 0 aliphatic heterocycles. The van der Waals surface area contributed by atoms with Crippen LogP contribution in [0.15, 0.2) is 0 Å². The smallest absolute Gasteiger partial charge is 0.304 e. The predicted molar refractivity (Wildman–Crippen MR) is 44.9 cm³/mol. The number of carbonyl (C=O) groups is 3. The van der Waals surface area contributed by atoms with Crippen LogP contribution in [-0.2, 0) is 19.1 Å². The lowest BCUT2D eigenvalue weighted by Gasteiger charge is -2.25. The van der Waals surface area contributed by atoms with Gasteiger partial charge in [-0.3, -0.25) is 14.4 Å². The van der Waals surface area contributed by atoms with E-state index >= 15 is 0 Å². The molecule has 2 N–H and O–H groups in total. The van der Waals surface area contributed by atoms with Gasteiger partial charge in [-0.15, -0.1) is 0 Å². The van der Waals surface area contributed by atoms with Gasteiger partial charge in [0.15, 0.2) is 11.6 Å². The summed E-state index contributed by atoms with van der Waals surface area (Å²) in [6, 6.07) is 0. The molecule has 74 valence electrons. The molecule has 0 amide bonds. The van der Waals surface area contributed by atoms with Crippen molar-refractivity contribution in [2.75, 3.05) is 6.54 Å². The summed E-state index contributed by atoms with van der Waals surface area (Å²) in [7, 11) is 0. The first-order valence-electron chi connectivity index (χ1n) is 3.78. The van der Waals surface area contributed by atoms with Gasteiger partial charge in [0.1, 0.15) is 0 Å². The number of hydrogen-bond donors (Lipinski definition) is 1. The summed E-state index contributed by atoms with van der Waals surface area (Å²) in [5, 5.41) is 0. The largest absolute Gasteiger partial charge is 0.442 e. The van der Waals surface area contributed by atoms with Crippen LogP contribution >= 0.6 is 0 Å². The zero-order chi connectivity index (χ0) is 10.6. The van der Waals surface area contributed by atoms with Gasteiger partial charge in [-0.1, -0.05) is 0 Å². The van der Waals surface area contributed by atoms with Crippen LogP contribution in [0.5, 0.6) is 0 Å². The highest BCUT2D eigenvalue weighted by molar-refractivity contribution is 6.10. The molecule has 0 spiro atoms. The van der Waals surface area contributed by atoms with Crippen molar-refractivity contribution < 1.29 is 19.1 Å². The van der Waals surface area contributed by atoms with Gasteiger partial charge < -0.3 is 10.5 Å². The predicted octanol–water partition coefficient (Wildman–Crippen LogP) is -0.575. The zero-order valence-electron chi connectivity index (χ0n) is 7.92. The van der Waals surface area contributed by atoms with Gasteiger partial charge in [0.05, 0.1) is 0 Å². The molecule has 0 aromatic rings. The SMILES string of the molecule is CC(=O)OC(CN)(C(C)=O)C(C)=O. The summed E-state index contributed by atoms with van der Waals surface area (Å²) in [5.41, 5.74) is 3.45. The van der Waals surface area contributed by atoms with Gasteiger partial charge in [-0.05, 0) is 13.8 Å². The van der Waals surface area contributed by atoms with Crippen molar-refractivity contribution in [3.63, 3.8) is 0 Å². The quantitative estimate of drug-likeness (QED) is 0.470. The maximum absolute atomic E-state index is 11.1. The molecule has 0 heterocycles. The zero-order valence-corrected chi connectivity index (χ0v) is 7.92. The highest BCUT2D eigenvalue weighted by Gasteiger charge is 2.42. The fraction of sp³-hybridized carbons (Fsp3) is 0.625. The summed E-state index contributed by atoms with van der Waals surface area (Å²) < 4.78 is 4.65. The first-order valence-corrected chi connectivity index (χ1v) is 3.78. The standard InChI is InChI=1S/C8H13NO4/c1-5(10)8(4-9,6(2)11)13-7(3)12/h4,9H2,1-3H3. The van der Waals surface area contributed by atoms with Crippen LogP contribution in [-0.4, -0.2) is 29.7 Å². The van der Waals surface area contributed by atoms with Crippen LogP contribution < -0.4 is 5.73 Å². The average molecular weight is 187 g/mol. The minimum Gasteiger partial charge on any atom is -0.442 e. The fourth-order valence-corrected chi connectivity index (χ4v) is 0.966. The van der Waals surface area contributed by atoms with Gasteiger partial charge in [0.2, 0.25) is 5.60 Å². The number of Topliss-reactive ketones (excluding diaryl/α,β-unsaturated/α-hetero) is 2. The molecule has 0 aromatic carbocycles. The summed E-state index contributed by atoms with van der Waals surface area (Å²) in [6.07, 6.45) is 0. The molecule has 0 atom stereocenters. The molecule has 0 fully saturated rings. The van der Waals surface area contributed by atoms with E-state index in [9.17, 15) is 14.4 Å². The minimum absolute atomic E-state index is 0.322. The van der Waals surface area contributed by atoms with E-state index in [-0.39, 0.29) is 6.54 Å². The Labute approximate surface area is 76.2 Å². The second kappa shape index (κ2) is 4.13. The Kier molecular flexibility index (Phi) is 3.74. The third kappa shape index (κ3) is 2.35. The molecule has 0 saturated carbocycles. The maximum atomic E-state index is 11.1. The maximum Gasteiger partial charge on any atom is 0.304 e. The molecule has 13 heavy (non-hydrogen) atoms. The van der Waals surface area contributed by atoms with E-state index in [4.69, 9.17) is 5.73 Å². The van der Waals surface area contributed by atoms with Crippen molar-refractivity contribution in [3.05, 3.63) is 0 Å². The lowest BCUT2D eigenvalue weighted by molar-refractivity contribution is -0.169. The van der Waals surface area contributed by atoms with E-state index in [2.05, 4.69) is 4.74 Å². The normalized spacial score (nSPS) is 10.8. The Bertz CT molecular complexity index is 233. The third-order valence-electron chi connectivity index (χ3n) is 1.74. The molecule has 0 aliphatic carbocycles. The van der Waals surface area contributed by atoms with Crippen LogP contribution in [0.3, 0.4) is 0 Å². The van der Waals surface area contributed by atoms with Crippen LogP contribution in [0, 0.1) is 0 Å². The van der Waals surface area contributed by atoms with Gasteiger partial charge >= 0.3 is 5.97 Å². The van der Waals surface area contributed by atoms with E-state index in [0.717, 1.165) is 20.8 Å². The molecule has 0 rings (SSSR count). The van der Waals surface area contributed by atoms with E-state index < -0.39 is 23.1 Å². The highest BCUT2D eigenvalue weighted by Crippen LogP contribution is 2.13. The topological polar surface area (TPSA) is 86.5 Å². The number of ketones is 2. The summed E-state index contributed by atoms with van der Waals surface area (Å²) >= 11 is 0. The Hall–Kier alpha value is -1.23. The number of nitrogens with two attached hydrogens (primary N) is 1. The van der Waals surface area contributed by atoms with Crippen molar-refractivity contribution in [3.8, 4) is 0 Å².